The Morgan fingerprint density at radius 3 is 2.05 bits per heavy atom. The highest BCUT2D eigenvalue weighted by Crippen LogP contribution is 2.20. The molecule has 1 aliphatic rings. The van der Waals surface area contributed by atoms with E-state index in [1.165, 1.54) is 0 Å². The molecule has 0 spiro atoms. The summed E-state index contributed by atoms with van der Waals surface area (Å²) in [5, 5.41) is 23.5. The molecule has 0 bridgehead atoms. The molecule has 0 saturated carbocycles. The minimum atomic E-state index is -1.06. The van der Waals surface area contributed by atoms with E-state index < -0.39 is 34.4 Å². The Morgan fingerprint density at radius 2 is 1.48 bits per heavy atom. The molecule has 9 heteroatoms. The fourth-order valence-electron chi connectivity index (χ4n) is 5.38. The average Bonchev–Trinajstić information content (AvgIpc) is 2.95. The molecule has 0 aliphatic carbocycles. The van der Waals surface area contributed by atoms with E-state index in [4.69, 9.17) is 4.74 Å². The van der Waals surface area contributed by atoms with Gasteiger partial charge in [0.2, 0.25) is 5.91 Å². The van der Waals surface area contributed by atoms with E-state index in [2.05, 4.69) is 5.32 Å². The monoisotopic (exact) mass is 581 g/mol. The third-order valence-electron chi connectivity index (χ3n) is 7.78. The number of carbonyl (C=O) groups is 4. The molecule has 0 unspecified atom stereocenters. The molecule has 42 heavy (non-hydrogen) atoms. The van der Waals surface area contributed by atoms with Gasteiger partial charge in [-0.05, 0) is 42.7 Å². The number of rotatable bonds is 17. The summed E-state index contributed by atoms with van der Waals surface area (Å²) in [6.45, 7) is 5.12. The van der Waals surface area contributed by atoms with Crippen LogP contribution in [0.4, 0.5) is 0 Å². The number of ether oxygens (including phenoxy) is 1. The van der Waals surface area contributed by atoms with E-state index >= 15 is 0 Å². The number of carbonyl (C=O) groups excluding carboxylic acids is 3. The summed E-state index contributed by atoms with van der Waals surface area (Å²) >= 11 is 0. The number of benzene rings is 2. The van der Waals surface area contributed by atoms with Crippen molar-refractivity contribution in [2.75, 3.05) is 32.8 Å². The molecule has 228 valence electrons. The van der Waals surface area contributed by atoms with Gasteiger partial charge < -0.3 is 15.2 Å². The van der Waals surface area contributed by atoms with Crippen LogP contribution in [0.25, 0.3) is 0 Å². The van der Waals surface area contributed by atoms with Crippen molar-refractivity contribution >= 4 is 23.4 Å². The van der Waals surface area contributed by atoms with Crippen molar-refractivity contribution in [3.8, 4) is 0 Å². The second kappa shape index (κ2) is 16.3. The van der Waals surface area contributed by atoms with Crippen molar-refractivity contribution in [3.05, 3.63) is 71.8 Å². The normalized spacial score (nSPS) is 16.8. The fourth-order valence-corrected chi connectivity index (χ4v) is 5.38. The van der Waals surface area contributed by atoms with Gasteiger partial charge in [0.1, 0.15) is 13.1 Å². The lowest BCUT2D eigenvalue weighted by Crippen LogP contribution is -2.55. The molecule has 0 radical (unpaired) electrons. The number of amides is 1. The molecule has 1 fully saturated rings. The van der Waals surface area contributed by atoms with E-state index in [1.807, 2.05) is 74.5 Å². The Morgan fingerprint density at radius 1 is 0.881 bits per heavy atom. The van der Waals surface area contributed by atoms with Gasteiger partial charge in [0.15, 0.2) is 18.1 Å². The highest BCUT2D eigenvalue weighted by Gasteiger charge is 2.35. The Balaban J connectivity index is 1.72. The number of aryl methyl sites for hydroxylation is 1. The molecule has 2 aromatic rings. The summed E-state index contributed by atoms with van der Waals surface area (Å²) in [7, 11) is 0. The summed E-state index contributed by atoms with van der Waals surface area (Å²) in [6, 6.07) is 18.0. The maximum absolute atomic E-state index is 13.7. The van der Waals surface area contributed by atoms with Crippen molar-refractivity contribution in [2.45, 2.75) is 58.4 Å². The fraction of sp³-hybridized carbons (Fsp3) is 0.515. The summed E-state index contributed by atoms with van der Waals surface area (Å²) in [5.74, 6) is -3.57. The third kappa shape index (κ3) is 11.1. The second-order valence-electron chi connectivity index (χ2n) is 11.9. The van der Waals surface area contributed by atoms with Gasteiger partial charge in [-0.3, -0.25) is 19.2 Å². The SMILES string of the molecule is CC(C)C[C@H](NC(=O)[C@H](CCc1ccccc1)CC(=O)C[N+]1(O)CCOCC1)C(=O)C[C@@H](Cc1ccccc1)C(=O)O. The molecule has 1 saturated heterocycles. The first-order chi connectivity index (χ1) is 20.0. The molecule has 3 atom stereocenters. The van der Waals surface area contributed by atoms with E-state index in [0.29, 0.717) is 45.6 Å². The molecule has 1 aliphatic heterocycles. The first-order valence-corrected chi connectivity index (χ1v) is 14.9. The maximum Gasteiger partial charge on any atom is 0.307 e. The van der Waals surface area contributed by atoms with Gasteiger partial charge in [-0.25, -0.2) is 5.21 Å². The number of nitrogens with zero attached hydrogens (tertiary/aromatic N) is 1. The highest BCUT2D eigenvalue weighted by molar-refractivity contribution is 5.93. The van der Waals surface area contributed by atoms with Crippen LogP contribution < -0.4 is 5.32 Å². The number of aliphatic carboxylic acids is 1. The lowest BCUT2D eigenvalue weighted by atomic mass is 9.88. The maximum atomic E-state index is 13.7. The Labute approximate surface area is 248 Å². The molecule has 2 aromatic carbocycles. The van der Waals surface area contributed by atoms with Gasteiger partial charge >= 0.3 is 5.97 Å². The average molecular weight is 582 g/mol. The van der Waals surface area contributed by atoms with Crippen LogP contribution in [0.2, 0.25) is 0 Å². The molecule has 0 aromatic heterocycles. The van der Waals surface area contributed by atoms with Crippen molar-refractivity contribution in [3.63, 3.8) is 0 Å². The molecular weight excluding hydrogens is 536 g/mol. The Bertz CT molecular complexity index is 1160. The minimum Gasteiger partial charge on any atom is -0.481 e. The number of quaternary nitrogens is 1. The zero-order valence-electron chi connectivity index (χ0n) is 24.7. The van der Waals surface area contributed by atoms with Crippen LogP contribution in [0.5, 0.6) is 0 Å². The van der Waals surface area contributed by atoms with Gasteiger partial charge in [-0.15, -0.1) is 0 Å². The zero-order valence-corrected chi connectivity index (χ0v) is 24.7. The number of ketones is 2. The van der Waals surface area contributed by atoms with E-state index in [1.54, 1.807) is 0 Å². The predicted octanol–water partition coefficient (Wildman–Crippen LogP) is 3.86. The van der Waals surface area contributed by atoms with E-state index in [9.17, 15) is 29.5 Å². The number of carboxylic acid groups (broad SMARTS) is 1. The first kappa shape index (κ1) is 33.1. The molecule has 3 rings (SSSR count). The van der Waals surface area contributed by atoms with E-state index in [-0.39, 0.29) is 43.3 Å². The number of hydrogen-bond acceptors (Lipinski definition) is 6. The Hall–Kier alpha value is -3.40. The smallest absolute Gasteiger partial charge is 0.307 e. The standard InChI is InChI=1S/C33H44N2O7/c1-24(2)19-30(31(37)22-28(33(39)40)20-26-11-7-4-8-12-26)34-32(38)27(14-13-25-9-5-3-6-10-25)21-29(36)23-35(41)15-17-42-18-16-35/h3-12,24,27-28,30,41H,13-23H2,1-2H3,(H-,34,38,39,40)/p+1/t27-,28-,30+/m1/s1. The molecule has 1 amide bonds. The van der Waals surface area contributed by atoms with Crippen molar-refractivity contribution < 1.29 is 38.9 Å². The first-order valence-electron chi connectivity index (χ1n) is 14.9. The van der Waals surface area contributed by atoms with Crippen LogP contribution in [0, 0.1) is 17.8 Å². The zero-order chi connectivity index (χ0) is 30.5. The van der Waals surface area contributed by atoms with Crippen LogP contribution in [0.1, 0.15) is 50.7 Å². The van der Waals surface area contributed by atoms with Gasteiger partial charge in [-0.1, -0.05) is 74.5 Å². The van der Waals surface area contributed by atoms with Gasteiger partial charge in [-0.2, -0.15) is 4.65 Å². The number of nitrogens with one attached hydrogen (secondary N) is 1. The molecule has 9 nitrogen and oxygen atoms in total. The van der Waals surface area contributed by atoms with Crippen LogP contribution in [0.3, 0.4) is 0 Å². The predicted molar refractivity (Wildman–Crippen MR) is 158 cm³/mol. The quantitative estimate of drug-likeness (QED) is 0.242. The molecular formula is C33H45N2O7+. The van der Waals surface area contributed by atoms with Crippen LogP contribution >= 0.6 is 0 Å². The highest BCUT2D eigenvalue weighted by atomic mass is 16.6. The summed E-state index contributed by atoms with van der Waals surface area (Å²) in [4.78, 5) is 52.3. The lowest BCUT2D eigenvalue weighted by Gasteiger charge is -2.33. The number of hydrogen-bond donors (Lipinski definition) is 3. The Kier molecular flexibility index (Phi) is 12.8. The van der Waals surface area contributed by atoms with Gasteiger partial charge in [0, 0.05) is 18.8 Å². The largest absolute Gasteiger partial charge is 0.481 e. The third-order valence-corrected chi connectivity index (χ3v) is 7.78. The number of Topliss-reactive ketones (excluding diaryl/α,β-unsaturated/α-hetero) is 2. The number of carboxylic acids is 1. The van der Waals surface area contributed by atoms with Gasteiger partial charge in [0.25, 0.3) is 0 Å². The lowest BCUT2D eigenvalue weighted by molar-refractivity contribution is -1.10. The van der Waals surface area contributed by atoms with Crippen LogP contribution in [-0.4, -0.2) is 77.3 Å². The topological polar surface area (TPSA) is 130 Å². The minimum absolute atomic E-state index is 0.0611. The molecule has 1 heterocycles. The van der Waals surface area contributed by atoms with E-state index in [0.717, 1.165) is 11.1 Å². The summed E-state index contributed by atoms with van der Waals surface area (Å²) < 4.78 is 4.90. The van der Waals surface area contributed by atoms with Gasteiger partial charge in [0.05, 0.1) is 25.2 Å². The summed E-state index contributed by atoms with van der Waals surface area (Å²) in [6.07, 6.45) is 1.27. The van der Waals surface area contributed by atoms with Crippen LogP contribution in [-0.2, 0) is 36.8 Å². The number of morpholine rings is 1. The molecule has 3 N–H and O–H groups in total. The van der Waals surface area contributed by atoms with Crippen LogP contribution in [0.15, 0.2) is 60.7 Å². The second-order valence-corrected chi connectivity index (χ2v) is 11.9. The number of hydroxylamine groups is 3. The van der Waals surface area contributed by atoms with Crippen molar-refractivity contribution in [1.82, 2.24) is 5.32 Å². The summed E-state index contributed by atoms with van der Waals surface area (Å²) in [5.41, 5.74) is 1.85. The van der Waals surface area contributed by atoms with Crippen molar-refractivity contribution in [1.29, 1.82) is 0 Å². The van der Waals surface area contributed by atoms with Crippen molar-refractivity contribution in [2.24, 2.45) is 17.8 Å².